The number of rotatable bonds is 7. The van der Waals surface area contributed by atoms with Crippen LogP contribution in [0.15, 0.2) is 53.7 Å². The van der Waals surface area contributed by atoms with E-state index in [4.69, 9.17) is 9.52 Å². The minimum atomic E-state index is -3.22. The molecule has 1 unspecified atom stereocenters. The summed E-state index contributed by atoms with van der Waals surface area (Å²) in [6.45, 7) is 5.74. The molecular formula is C21H27N5O3S. The van der Waals surface area contributed by atoms with E-state index in [0.29, 0.717) is 16.3 Å². The van der Waals surface area contributed by atoms with E-state index >= 15 is 0 Å². The fraction of sp³-hybridized carbons (Fsp3) is 0.333. The normalized spacial score (nSPS) is 14.8. The SMILES string of the molecule is COc1nccc2c(Nc3ccc(S(=N)(=O)NC[C@H](O)C(C)(C)C)cc3)ccnc12. The molecule has 0 aliphatic carbocycles. The van der Waals surface area contributed by atoms with E-state index in [1.54, 1.807) is 43.8 Å². The number of aliphatic hydroxyl groups is 1. The molecule has 2 aromatic heterocycles. The van der Waals surface area contributed by atoms with Gasteiger partial charge in [-0.1, -0.05) is 20.8 Å². The van der Waals surface area contributed by atoms with Crippen molar-refractivity contribution < 1.29 is 14.1 Å². The van der Waals surface area contributed by atoms with Crippen molar-refractivity contribution in [2.75, 3.05) is 19.0 Å². The molecule has 0 spiro atoms. The highest BCUT2D eigenvalue weighted by Gasteiger charge is 2.23. The number of hydrogen-bond acceptors (Lipinski definition) is 7. The maximum atomic E-state index is 12.7. The summed E-state index contributed by atoms with van der Waals surface area (Å²) >= 11 is 0. The fourth-order valence-corrected chi connectivity index (χ4v) is 3.86. The van der Waals surface area contributed by atoms with Gasteiger partial charge in [0.25, 0.3) is 0 Å². The average Bonchev–Trinajstić information content (AvgIpc) is 2.71. The van der Waals surface area contributed by atoms with Gasteiger partial charge in [-0.05, 0) is 41.8 Å². The quantitative estimate of drug-likeness (QED) is 0.454. The van der Waals surface area contributed by atoms with Gasteiger partial charge in [0.15, 0.2) is 0 Å². The Morgan fingerprint density at radius 1 is 1.13 bits per heavy atom. The Bertz CT molecular complexity index is 1130. The number of aliphatic hydroxyl groups excluding tert-OH is 1. The molecule has 0 saturated heterocycles. The summed E-state index contributed by atoms with van der Waals surface area (Å²) in [7, 11) is -1.67. The van der Waals surface area contributed by atoms with Gasteiger partial charge in [-0.3, -0.25) is 4.98 Å². The molecule has 1 aromatic carbocycles. The third-order valence-electron chi connectivity index (χ3n) is 4.76. The molecule has 2 heterocycles. The zero-order chi connectivity index (χ0) is 21.9. The van der Waals surface area contributed by atoms with Crippen LogP contribution in [0.4, 0.5) is 11.4 Å². The summed E-state index contributed by atoms with van der Waals surface area (Å²) in [4.78, 5) is 8.85. The maximum Gasteiger partial charge on any atom is 0.240 e. The van der Waals surface area contributed by atoms with Gasteiger partial charge in [0.05, 0.1) is 18.1 Å². The van der Waals surface area contributed by atoms with Crippen molar-refractivity contribution in [1.82, 2.24) is 14.7 Å². The number of aromatic nitrogens is 2. The first-order chi connectivity index (χ1) is 14.1. The molecule has 0 radical (unpaired) electrons. The van der Waals surface area contributed by atoms with Crippen molar-refractivity contribution in [3.63, 3.8) is 0 Å². The first-order valence-electron chi connectivity index (χ1n) is 9.48. The lowest BCUT2D eigenvalue weighted by Gasteiger charge is -2.26. The number of pyridine rings is 2. The van der Waals surface area contributed by atoms with Gasteiger partial charge in [-0.2, -0.15) is 0 Å². The molecule has 0 fully saturated rings. The minimum Gasteiger partial charge on any atom is -0.479 e. The number of nitrogens with one attached hydrogen (secondary N) is 3. The lowest BCUT2D eigenvalue weighted by molar-refractivity contribution is 0.0678. The summed E-state index contributed by atoms with van der Waals surface area (Å²) < 4.78 is 28.8. The molecule has 0 aliphatic heterocycles. The Morgan fingerprint density at radius 3 is 2.43 bits per heavy atom. The first-order valence-corrected chi connectivity index (χ1v) is 11.0. The topological polar surface area (TPSA) is 120 Å². The Balaban J connectivity index is 1.78. The number of benzene rings is 1. The Labute approximate surface area is 176 Å². The molecule has 9 heteroatoms. The molecular weight excluding hydrogens is 402 g/mol. The van der Waals surface area contributed by atoms with E-state index in [1.807, 2.05) is 32.9 Å². The molecule has 4 N–H and O–H groups in total. The number of nitrogens with zero attached hydrogens (tertiary/aromatic N) is 2. The largest absolute Gasteiger partial charge is 0.479 e. The molecule has 3 rings (SSSR count). The summed E-state index contributed by atoms with van der Waals surface area (Å²) in [6, 6.07) is 10.5. The van der Waals surface area contributed by atoms with Gasteiger partial charge in [-0.25, -0.2) is 18.7 Å². The van der Waals surface area contributed by atoms with Crippen molar-refractivity contribution in [3.05, 3.63) is 48.8 Å². The van der Waals surface area contributed by atoms with Gasteiger partial charge in [0.2, 0.25) is 5.88 Å². The van der Waals surface area contributed by atoms with E-state index in [1.165, 1.54) is 0 Å². The van der Waals surface area contributed by atoms with E-state index in [0.717, 1.165) is 16.8 Å². The first kappa shape index (κ1) is 21.9. The molecule has 3 aromatic rings. The third-order valence-corrected chi connectivity index (χ3v) is 6.27. The van der Waals surface area contributed by atoms with Gasteiger partial charge >= 0.3 is 0 Å². The van der Waals surface area contributed by atoms with Crippen molar-refractivity contribution >= 4 is 32.2 Å². The molecule has 30 heavy (non-hydrogen) atoms. The highest BCUT2D eigenvalue weighted by molar-refractivity contribution is 7.90. The second-order valence-electron chi connectivity index (χ2n) is 8.01. The lowest BCUT2D eigenvalue weighted by atomic mass is 9.89. The van der Waals surface area contributed by atoms with Gasteiger partial charge in [0, 0.05) is 35.7 Å². The van der Waals surface area contributed by atoms with Crippen molar-refractivity contribution in [3.8, 4) is 5.88 Å². The van der Waals surface area contributed by atoms with Crippen LogP contribution >= 0.6 is 0 Å². The lowest BCUT2D eigenvalue weighted by Crippen LogP contribution is -2.38. The van der Waals surface area contributed by atoms with Gasteiger partial charge in [0.1, 0.15) is 15.4 Å². The van der Waals surface area contributed by atoms with Crippen LogP contribution in [-0.2, 0) is 9.92 Å². The predicted octanol–water partition coefficient (Wildman–Crippen LogP) is 3.70. The van der Waals surface area contributed by atoms with Crippen LogP contribution in [0.3, 0.4) is 0 Å². The number of ether oxygens (including phenoxy) is 1. The van der Waals surface area contributed by atoms with Gasteiger partial charge in [-0.15, -0.1) is 0 Å². The van der Waals surface area contributed by atoms with E-state index in [2.05, 4.69) is 20.0 Å². The second-order valence-corrected chi connectivity index (χ2v) is 9.88. The standard InChI is InChI=1S/C21H27N5O3S/c1-21(2,3)18(27)13-25-30(22,28)15-7-5-14(6-8-15)26-17-10-12-23-19-16(17)9-11-24-20(19)29-4/h5-12,18,27H,13H2,1-4H3,(H,23,26)(H2,22,25,28)/t18-,30?/m0/s1. The van der Waals surface area contributed by atoms with Crippen LogP contribution < -0.4 is 14.8 Å². The van der Waals surface area contributed by atoms with Crippen LogP contribution in [0.5, 0.6) is 5.88 Å². The smallest absolute Gasteiger partial charge is 0.240 e. The van der Waals surface area contributed by atoms with Crippen LogP contribution in [0.1, 0.15) is 20.8 Å². The van der Waals surface area contributed by atoms with Crippen molar-refractivity contribution in [2.24, 2.45) is 5.41 Å². The summed E-state index contributed by atoms with van der Waals surface area (Å²) in [5, 5.41) is 14.3. The molecule has 2 atom stereocenters. The van der Waals surface area contributed by atoms with Crippen LogP contribution in [0.2, 0.25) is 0 Å². The maximum absolute atomic E-state index is 12.7. The summed E-state index contributed by atoms with van der Waals surface area (Å²) in [6.07, 6.45) is 2.62. The van der Waals surface area contributed by atoms with E-state index in [-0.39, 0.29) is 12.0 Å². The molecule has 0 saturated carbocycles. The number of methoxy groups -OCH3 is 1. The van der Waals surface area contributed by atoms with E-state index in [9.17, 15) is 9.32 Å². The van der Waals surface area contributed by atoms with Crippen molar-refractivity contribution in [2.45, 2.75) is 31.8 Å². The number of anilines is 2. The zero-order valence-electron chi connectivity index (χ0n) is 17.5. The second kappa shape index (κ2) is 8.55. The summed E-state index contributed by atoms with van der Waals surface area (Å²) in [5.41, 5.74) is 1.89. The Kier molecular flexibility index (Phi) is 6.25. The van der Waals surface area contributed by atoms with Gasteiger partial charge < -0.3 is 15.2 Å². The highest BCUT2D eigenvalue weighted by Crippen LogP contribution is 2.29. The molecule has 8 nitrogen and oxygen atoms in total. The summed E-state index contributed by atoms with van der Waals surface area (Å²) in [5.74, 6) is 0.448. The monoisotopic (exact) mass is 429 g/mol. The number of hydrogen-bond donors (Lipinski definition) is 4. The van der Waals surface area contributed by atoms with Crippen LogP contribution in [-0.4, -0.2) is 39.0 Å². The average molecular weight is 430 g/mol. The van der Waals surface area contributed by atoms with Crippen molar-refractivity contribution in [1.29, 1.82) is 4.78 Å². The van der Waals surface area contributed by atoms with Crippen LogP contribution in [0.25, 0.3) is 10.9 Å². The van der Waals surface area contributed by atoms with Crippen LogP contribution in [0, 0.1) is 10.2 Å². The highest BCUT2D eigenvalue weighted by atomic mass is 32.2. The molecule has 0 aliphatic rings. The fourth-order valence-electron chi connectivity index (χ4n) is 2.78. The minimum absolute atomic E-state index is 0.0741. The number of fused-ring (bicyclic) bond motifs is 1. The third kappa shape index (κ3) is 4.86. The Hall–Kier alpha value is -2.75. The predicted molar refractivity (Wildman–Crippen MR) is 118 cm³/mol. The molecule has 0 bridgehead atoms. The Morgan fingerprint density at radius 2 is 1.80 bits per heavy atom. The zero-order valence-corrected chi connectivity index (χ0v) is 18.3. The molecule has 0 amide bonds. The molecule has 160 valence electrons. The van der Waals surface area contributed by atoms with E-state index < -0.39 is 16.0 Å².